The molecule has 0 saturated carbocycles. The molecule has 8 heteroatoms. The molecule has 140 valence electrons. The van der Waals surface area contributed by atoms with E-state index in [-0.39, 0.29) is 21.5 Å². The fourth-order valence-corrected chi connectivity index (χ4v) is 3.87. The molecule has 0 radical (unpaired) electrons. The number of rotatable bonds is 7. The molecular weight excluding hydrogens is 376 g/mol. The second-order valence-electron chi connectivity index (χ2n) is 5.95. The Balaban J connectivity index is 2.27. The number of methoxy groups -OCH3 is 1. The third-order valence-corrected chi connectivity index (χ3v) is 5.44. The van der Waals surface area contributed by atoms with Crippen molar-refractivity contribution in [2.24, 2.45) is 0 Å². The fraction of sp³-hybridized carbons (Fsp3) is 0.278. The molecule has 0 unspecified atom stereocenters. The van der Waals surface area contributed by atoms with Crippen LogP contribution in [0.15, 0.2) is 47.4 Å². The molecule has 2 N–H and O–H groups in total. The molecule has 0 aliphatic rings. The molecule has 2 aromatic rings. The summed E-state index contributed by atoms with van der Waals surface area (Å²) in [5.74, 6) is -0.405. The minimum absolute atomic E-state index is 0.0334. The first-order chi connectivity index (χ1) is 12.2. The number of halogens is 1. The number of nitrogens with one attached hydrogen (secondary N) is 2. The number of carbonyl (C=O) groups is 1. The third kappa shape index (κ3) is 5.20. The first kappa shape index (κ1) is 20.2. The number of hydrogen-bond donors (Lipinski definition) is 2. The lowest BCUT2D eigenvalue weighted by Crippen LogP contribution is -2.35. The van der Waals surface area contributed by atoms with Crippen molar-refractivity contribution in [3.05, 3.63) is 58.6 Å². The van der Waals surface area contributed by atoms with Crippen LogP contribution in [0.25, 0.3) is 0 Å². The van der Waals surface area contributed by atoms with E-state index in [9.17, 15) is 13.2 Å². The van der Waals surface area contributed by atoms with Crippen LogP contribution in [0.3, 0.4) is 0 Å². The molecule has 0 heterocycles. The molecule has 0 aliphatic heterocycles. The zero-order chi connectivity index (χ0) is 19.3. The van der Waals surface area contributed by atoms with Crippen molar-refractivity contribution < 1.29 is 17.9 Å². The van der Waals surface area contributed by atoms with Crippen molar-refractivity contribution in [1.29, 1.82) is 0 Å². The molecule has 0 saturated heterocycles. The topological polar surface area (TPSA) is 84.5 Å². The monoisotopic (exact) mass is 396 g/mol. The number of benzene rings is 2. The molecule has 26 heavy (non-hydrogen) atoms. The lowest BCUT2D eigenvalue weighted by Gasteiger charge is -2.14. The molecule has 0 aliphatic carbocycles. The average Bonchev–Trinajstić information content (AvgIpc) is 2.57. The SMILES string of the molecule is COC[C@H](C)NC(=O)c1ccc(Cl)c(S(=O)(=O)Nc2ccc(C)cc2)c1. The number of hydrogen-bond acceptors (Lipinski definition) is 4. The van der Waals surface area contributed by atoms with Gasteiger partial charge in [-0.3, -0.25) is 9.52 Å². The summed E-state index contributed by atoms with van der Waals surface area (Å²) in [5.41, 5.74) is 1.62. The summed E-state index contributed by atoms with van der Waals surface area (Å²) in [4.78, 5) is 12.1. The van der Waals surface area contributed by atoms with E-state index in [1.807, 2.05) is 6.92 Å². The lowest BCUT2D eigenvalue weighted by atomic mass is 10.2. The fourth-order valence-electron chi connectivity index (χ4n) is 2.28. The largest absolute Gasteiger partial charge is 0.383 e. The minimum Gasteiger partial charge on any atom is -0.383 e. The van der Waals surface area contributed by atoms with Crippen molar-refractivity contribution in [2.75, 3.05) is 18.4 Å². The Kier molecular flexibility index (Phi) is 6.63. The van der Waals surface area contributed by atoms with Gasteiger partial charge in [-0.25, -0.2) is 8.42 Å². The van der Waals surface area contributed by atoms with E-state index in [4.69, 9.17) is 16.3 Å². The summed E-state index contributed by atoms with van der Waals surface area (Å²) in [6.45, 7) is 4.04. The quantitative estimate of drug-likeness (QED) is 0.752. The standard InChI is InChI=1S/C18H21ClN2O4S/c1-12-4-7-15(8-5-12)21-26(23,24)17-10-14(6-9-16(17)19)18(22)20-13(2)11-25-3/h4-10,13,21H,11H2,1-3H3,(H,20,22)/t13-/m0/s1. The van der Waals surface area contributed by atoms with Crippen LogP contribution in [0.1, 0.15) is 22.8 Å². The number of sulfonamides is 1. The summed E-state index contributed by atoms with van der Waals surface area (Å²) >= 11 is 6.06. The molecular formula is C18H21ClN2O4S. The Morgan fingerprint density at radius 1 is 1.19 bits per heavy atom. The Morgan fingerprint density at radius 2 is 1.85 bits per heavy atom. The number of anilines is 1. The van der Waals surface area contributed by atoms with E-state index in [2.05, 4.69) is 10.0 Å². The summed E-state index contributed by atoms with van der Waals surface area (Å²) in [6.07, 6.45) is 0. The Labute approximate surface area is 158 Å². The van der Waals surface area contributed by atoms with E-state index in [0.717, 1.165) is 5.56 Å². The molecule has 0 fully saturated rings. The number of aryl methyl sites for hydroxylation is 1. The van der Waals surface area contributed by atoms with Gasteiger partial charge in [0.05, 0.1) is 11.6 Å². The molecule has 0 bridgehead atoms. The van der Waals surface area contributed by atoms with Crippen molar-refractivity contribution in [3.63, 3.8) is 0 Å². The lowest BCUT2D eigenvalue weighted by molar-refractivity contribution is 0.0905. The summed E-state index contributed by atoms with van der Waals surface area (Å²) in [7, 11) is -2.40. The maximum absolute atomic E-state index is 12.7. The molecule has 1 atom stereocenters. The zero-order valence-corrected chi connectivity index (χ0v) is 16.3. The number of carbonyl (C=O) groups excluding carboxylic acids is 1. The van der Waals surface area contributed by atoms with Crippen LogP contribution in [-0.4, -0.2) is 34.1 Å². The van der Waals surface area contributed by atoms with Crippen LogP contribution in [-0.2, 0) is 14.8 Å². The normalized spacial score (nSPS) is 12.5. The number of ether oxygens (including phenoxy) is 1. The van der Waals surface area contributed by atoms with Gasteiger partial charge >= 0.3 is 0 Å². The first-order valence-corrected chi connectivity index (χ1v) is 9.78. The predicted molar refractivity (Wildman–Crippen MR) is 102 cm³/mol. The maximum atomic E-state index is 12.7. The van der Waals surface area contributed by atoms with Crippen LogP contribution in [0.2, 0.25) is 5.02 Å². The first-order valence-electron chi connectivity index (χ1n) is 7.92. The molecule has 1 amide bonds. The number of amides is 1. The third-order valence-electron chi connectivity index (χ3n) is 3.58. The average molecular weight is 397 g/mol. The van der Waals surface area contributed by atoms with Gasteiger partial charge < -0.3 is 10.1 Å². The van der Waals surface area contributed by atoms with Crippen LogP contribution < -0.4 is 10.0 Å². The van der Waals surface area contributed by atoms with Gasteiger partial charge in [0, 0.05) is 24.4 Å². The Hall–Kier alpha value is -2.09. The highest BCUT2D eigenvalue weighted by molar-refractivity contribution is 7.92. The predicted octanol–water partition coefficient (Wildman–Crippen LogP) is 3.21. The van der Waals surface area contributed by atoms with Gasteiger partial charge in [-0.05, 0) is 44.2 Å². The van der Waals surface area contributed by atoms with Gasteiger partial charge in [-0.2, -0.15) is 0 Å². The van der Waals surface area contributed by atoms with E-state index < -0.39 is 15.9 Å². The van der Waals surface area contributed by atoms with Gasteiger partial charge in [0.15, 0.2) is 0 Å². The second kappa shape index (κ2) is 8.53. The zero-order valence-electron chi connectivity index (χ0n) is 14.7. The Morgan fingerprint density at radius 3 is 2.46 bits per heavy atom. The summed E-state index contributed by atoms with van der Waals surface area (Å²) in [5, 5.41) is 2.76. The van der Waals surface area contributed by atoms with E-state index >= 15 is 0 Å². The minimum atomic E-state index is -3.94. The molecule has 0 spiro atoms. The van der Waals surface area contributed by atoms with Gasteiger partial charge in [0.2, 0.25) is 0 Å². The van der Waals surface area contributed by atoms with Gasteiger partial charge in [-0.1, -0.05) is 29.3 Å². The van der Waals surface area contributed by atoms with Crippen LogP contribution in [0, 0.1) is 6.92 Å². The molecule has 2 aromatic carbocycles. The van der Waals surface area contributed by atoms with Crippen molar-refractivity contribution in [1.82, 2.24) is 5.32 Å². The highest BCUT2D eigenvalue weighted by Gasteiger charge is 2.21. The molecule has 2 rings (SSSR count). The molecule has 6 nitrogen and oxygen atoms in total. The molecule has 0 aromatic heterocycles. The van der Waals surface area contributed by atoms with Gasteiger partial charge in [0.1, 0.15) is 4.90 Å². The maximum Gasteiger partial charge on any atom is 0.263 e. The highest BCUT2D eigenvalue weighted by Crippen LogP contribution is 2.25. The van der Waals surface area contributed by atoms with Crippen LogP contribution in [0.4, 0.5) is 5.69 Å². The van der Waals surface area contributed by atoms with Crippen LogP contribution in [0.5, 0.6) is 0 Å². The smallest absolute Gasteiger partial charge is 0.263 e. The van der Waals surface area contributed by atoms with Crippen molar-refractivity contribution >= 4 is 33.2 Å². The summed E-state index contributed by atoms with van der Waals surface area (Å²) in [6, 6.07) is 10.8. The van der Waals surface area contributed by atoms with Crippen molar-refractivity contribution in [2.45, 2.75) is 24.8 Å². The highest BCUT2D eigenvalue weighted by atomic mass is 35.5. The summed E-state index contributed by atoms with van der Waals surface area (Å²) < 4.78 is 32.8. The van der Waals surface area contributed by atoms with Gasteiger partial charge in [0.25, 0.3) is 15.9 Å². The van der Waals surface area contributed by atoms with E-state index in [1.165, 1.54) is 25.3 Å². The van der Waals surface area contributed by atoms with E-state index in [1.54, 1.807) is 31.2 Å². The second-order valence-corrected chi connectivity index (χ2v) is 8.00. The van der Waals surface area contributed by atoms with Gasteiger partial charge in [-0.15, -0.1) is 0 Å². The Bertz CT molecular complexity index is 883. The van der Waals surface area contributed by atoms with Crippen molar-refractivity contribution in [3.8, 4) is 0 Å². The van der Waals surface area contributed by atoms with E-state index in [0.29, 0.717) is 12.3 Å². The van der Waals surface area contributed by atoms with Crippen LogP contribution >= 0.6 is 11.6 Å².